The van der Waals surface area contributed by atoms with Gasteiger partial charge in [0, 0.05) is 10.9 Å². The highest BCUT2D eigenvalue weighted by atomic mass is 19.3. The molecule has 0 amide bonds. The smallest absolute Gasteiger partial charge is 0.255 e. The third-order valence-corrected chi connectivity index (χ3v) is 9.80. The topological polar surface area (TPSA) is 26.3 Å². The molecule has 0 spiro atoms. The van der Waals surface area contributed by atoms with Crippen LogP contribution in [0.5, 0.6) is 0 Å². The molecule has 0 bridgehead atoms. The molecule has 4 aliphatic carbocycles. The Kier molecular flexibility index (Phi) is 5.11. The van der Waals surface area contributed by atoms with Gasteiger partial charge < -0.3 is 0 Å². The Labute approximate surface area is 158 Å². The summed E-state index contributed by atoms with van der Waals surface area (Å²) in [4.78, 5) is 14.4. The van der Waals surface area contributed by atoms with Crippen LogP contribution in [0.25, 0.3) is 0 Å². The van der Waals surface area contributed by atoms with Crippen LogP contribution in [0.1, 0.15) is 97.3 Å². The maximum atomic E-state index is 11.9. The van der Waals surface area contributed by atoms with Crippen molar-refractivity contribution in [2.45, 2.75) is 97.3 Å². The van der Waals surface area contributed by atoms with Gasteiger partial charge in [-0.25, -0.2) is 4.79 Å². The molecule has 0 N–H and O–H groups in total. The molecular weight excluding hydrogens is 327 g/mol. The van der Waals surface area contributed by atoms with Crippen molar-refractivity contribution < 1.29 is 14.3 Å². The van der Waals surface area contributed by atoms with Crippen LogP contribution in [0.15, 0.2) is 0 Å². The molecule has 0 aromatic carbocycles. The molecule has 4 aliphatic rings. The average molecular weight is 365 g/mol. The largest absolute Gasteiger partial charge is 0.348 e. The van der Waals surface area contributed by atoms with Gasteiger partial charge in [0.05, 0.1) is 0 Å². The Hall–Kier alpha value is -0.600. The summed E-state index contributed by atoms with van der Waals surface area (Å²) < 4.78 is 11.9. The maximum absolute atomic E-state index is 11.9. The van der Waals surface area contributed by atoms with Crippen molar-refractivity contribution in [2.24, 2.45) is 40.4 Å². The second-order valence-corrected chi connectivity index (χ2v) is 10.6. The van der Waals surface area contributed by atoms with E-state index in [9.17, 15) is 9.32 Å². The molecule has 0 saturated heterocycles. The first kappa shape index (κ1) is 18.7. The monoisotopic (exact) mass is 364 g/mol. The highest BCUT2D eigenvalue weighted by Gasteiger charge is 2.59. The second kappa shape index (κ2) is 7.09. The summed E-state index contributed by atoms with van der Waals surface area (Å²) in [5, 5.41) is 0. The summed E-state index contributed by atoms with van der Waals surface area (Å²) in [5.41, 5.74) is 1.07. The van der Waals surface area contributed by atoms with Crippen molar-refractivity contribution >= 4 is 5.97 Å². The summed E-state index contributed by atoms with van der Waals surface area (Å²) in [7, 11) is 0. The van der Waals surface area contributed by atoms with Gasteiger partial charge in [-0.1, -0.05) is 26.7 Å². The fourth-order valence-corrected chi connectivity index (χ4v) is 8.41. The lowest BCUT2D eigenvalue weighted by molar-refractivity contribution is -0.183. The molecule has 4 saturated carbocycles. The quantitative estimate of drug-likeness (QED) is 0.559. The lowest BCUT2D eigenvalue weighted by atomic mass is 9.45. The predicted octanol–water partition coefficient (Wildman–Crippen LogP) is 6.63. The SMILES string of the molecule is CC12CCCCC1CCC1C2CCC2(C)C(CCCC(=O)OF)CCC12. The highest BCUT2D eigenvalue weighted by Crippen LogP contribution is 2.67. The van der Waals surface area contributed by atoms with E-state index < -0.39 is 5.97 Å². The van der Waals surface area contributed by atoms with Crippen LogP contribution in [-0.4, -0.2) is 5.97 Å². The number of halogens is 1. The molecular formula is C23H37FO2. The van der Waals surface area contributed by atoms with Gasteiger partial charge in [-0.2, -0.15) is 0 Å². The lowest BCUT2D eigenvalue weighted by Crippen LogP contribution is -2.52. The van der Waals surface area contributed by atoms with Crippen LogP contribution in [0, 0.1) is 40.4 Å². The van der Waals surface area contributed by atoms with E-state index in [4.69, 9.17) is 0 Å². The summed E-state index contributed by atoms with van der Waals surface area (Å²) in [5.74, 6) is 3.80. The van der Waals surface area contributed by atoms with E-state index in [0.717, 1.165) is 42.4 Å². The molecule has 0 aromatic heterocycles. The zero-order chi connectivity index (χ0) is 18.4. The van der Waals surface area contributed by atoms with Gasteiger partial charge in [-0.15, -0.1) is 0 Å². The van der Waals surface area contributed by atoms with Gasteiger partial charge in [-0.3, -0.25) is 4.94 Å². The molecule has 0 aromatic rings. The molecule has 3 heteroatoms. The Balaban J connectivity index is 1.45. The molecule has 7 unspecified atom stereocenters. The van der Waals surface area contributed by atoms with Gasteiger partial charge >= 0.3 is 5.97 Å². The third kappa shape index (κ3) is 2.92. The van der Waals surface area contributed by atoms with Crippen LogP contribution >= 0.6 is 0 Å². The highest BCUT2D eigenvalue weighted by molar-refractivity contribution is 5.68. The zero-order valence-corrected chi connectivity index (χ0v) is 16.8. The second-order valence-electron chi connectivity index (χ2n) is 10.6. The van der Waals surface area contributed by atoms with Gasteiger partial charge in [0.25, 0.3) is 0 Å². The van der Waals surface area contributed by atoms with Crippen LogP contribution < -0.4 is 0 Å². The van der Waals surface area contributed by atoms with Crippen molar-refractivity contribution in [3.05, 3.63) is 0 Å². The molecule has 0 heterocycles. The number of carbonyl (C=O) groups is 1. The summed E-state index contributed by atoms with van der Waals surface area (Å²) in [6.45, 7) is 5.19. The van der Waals surface area contributed by atoms with E-state index in [-0.39, 0.29) is 6.42 Å². The Morgan fingerprint density at radius 3 is 2.58 bits per heavy atom. The van der Waals surface area contributed by atoms with E-state index in [1.54, 1.807) is 0 Å². The van der Waals surface area contributed by atoms with Crippen LogP contribution in [0.4, 0.5) is 4.53 Å². The molecule has 148 valence electrons. The minimum absolute atomic E-state index is 0.236. The lowest BCUT2D eigenvalue weighted by Gasteiger charge is -2.60. The Morgan fingerprint density at radius 1 is 0.962 bits per heavy atom. The fraction of sp³-hybridized carbons (Fsp3) is 0.957. The molecule has 0 radical (unpaired) electrons. The van der Waals surface area contributed by atoms with Crippen molar-refractivity contribution in [3.63, 3.8) is 0 Å². The number of hydrogen-bond donors (Lipinski definition) is 0. The molecule has 4 fully saturated rings. The molecule has 4 rings (SSSR count). The maximum Gasteiger partial charge on any atom is 0.348 e. The number of hydrogen-bond acceptors (Lipinski definition) is 2. The van der Waals surface area contributed by atoms with E-state index in [1.165, 1.54) is 64.2 Å². The van der Waals surface area contributed by atoms with Gasteiger partial charge in [0.15, 0.2) is 0 Å². The summed E-state index contributed by atoms with van der Waals surface area (Å²) in [6.07, 6.45) is 16.4. The third-order valence-electron chi connectivity index (χ3n) is 9.80. The van der Waals surface area contributed by atoms with E-state index in [2.05, 4.69) is 18.8 Å². The van der Waals surface area contributed by atoms with E-state index in [0.29, 0.717) is 10.8 Å². The van der Waals surface area contributed by atoms with Crippen molar-refractivity contribution in [3.8, 4) is 0 Å². The minimum atomic E-state index is -0.697. The first-order valence-corrected chi connectivity index (χ1v) is 11.3. The zero-order valence-electron chi connectivity index (χ0n) is 16.8. The van der Waals surface area contributed by atoms with Crippen LogP contribution in [0.2, 0.25) is 0 Å². The first-order valence-electron chi connectivity index (χ1n) is 11.3. The predicted molar refractivity (Wildman–Crippen MR) is 101 cm³/mol. The van der Waals surface area contributed by atoms with Crippen LogP contribution in [0.3, 0.4) is 0 Å². The van der Waals surface area contributed by atoms with Crippen LogP contribution in [-0.2, 0) is 9.74 Å². The van der Waals surface area contributed by atoms with Crippen molar-refractivity contribution in [1.29, 1.82) is 0 Å². The number of rotatable bonds is 4. The minimum Gasteiger partial charge on any atom is -0.255 e. The van der Waals surface area contributed by atoms with Gasteiger partial charge in [-0.05, 0) is 105 Å². The number of fused-ring (bicyclic) bond motifs is 5. The van der Waals surface area contributed by atoms with Crippen molar-refractivity contribution in [1.82, 2.24) is 0 Å². The summed E-state index contributed by atoms with van der Waals surface area (Å²) in [6, 6.07) is 0. The normalized spacial score (nSPS) is 47.6. The number of carbonyl (C=O) groups excluding carboxylic acids is 1. The summed E-state index contributed by atoms with van der Waals surface area (Å²) >= 11 is 0. The molecule has 2 nitrogen and oxygen atoms in total. The molecule has 7 atom stereocenters. The van der Waals surface area contributed by atoms with Gasteiger partial charge in [0.2, 0.25) is 0 Å². The average Bonchev–Trinajstić information content (AvgIpc) is 2.97. The van der Waals surface area contributed by atoms with Crippen molar-refractivity contribution in [2.75, 3.05) is 0 Å². The van der Waals surface area contributed by atoms with E-state index in [1.807, 2.05) is 0 Å². The standard InChI is InChI=1S/C23H37FO2/c1-22-14-4-3-6-16(22)9-11-18-19-12-10-17(7-5-8-21(25)26-24)23(19,2)15-13-20(18)22/h16-20H,3-15H2,1-2H3. The van der Waals surface area contributed by atoms with E-state index >= 15 is 0 Å². The van der Waals surface area contributed by atoms with Gasteiger partial charge in [0.1, 0.15) is 0 Å². The Bertz CT molecular complexity index is 534. The molecule has 0 aliphatic heterocycles. The molecule has 26 heavy (non-hydrogen) atoms. The first-order chi connectivity index (χ1) is 12.5. The Morgan fingerprint density at radius 2 is 1.77 bits per heavy atom. The fourth-order valence-electron chi connectivity index (χ4n) is 8.41.